The second-order valence-electron chi connectivity index (χ2n) is 7.10. The molecule has 0 aromatic heterocycles. The van der Waals surface area contributed by atoms with Gasteiger partial charge in [0.2, 0.25) is 15.9 Å². The molecule has 2 aromatic carbocycles. The number of sulfonamides is 1. The minimum Gasteiger partial charge on any atom is -0.496 e. The molecule has 156 valence electrons. The lowest BCUT2D eigenvalue weighted by Crippen LogP contribution is -2.43. The quantitative estimate of drug-likeness (QED) is 0.750. The van der Waals surface area contributed by atoms with Gasteiger partial charge in [0, 0.05) is 29.6 Å². The van der Waals surface area contributed by atoms with Crippen LogP contribution < -0.4 is 10.1 Å². The molecule has 29 heavy (non-hydrogen) atoms. The Hall–Kier alpha value is -2.09. The van der Waals surface area contributed by atoms with Crippen LogP contribution in [0, 0.1) is 5.92 Å². The summed E-state index contributed by atoms with van der Waals surface area (Å²) >= 11 is 5.85. The van der Waals surface area contributed by atoms with Crippen molar-refractivity contribution in [2.24, 2.45) is 5.92 Å². The first-order valence-electron chi connectivity index (χ1n) is 9.52. The number of para-hydroxylation sites is 1. The molecule has 0 spiro atoms. The molecule has 1 heterocycles. The summed E-state index contributed by atoms with van der Waals surface area (Å²) < 4.78 is 32.3. The molecular weight excluding hydrogens is 412 g/mol. The lowest BCUT2D eigenvalue weighted by Gasteiger charge is -2.31. The second kappa shape index (κ2) is 9.15. The summed E-state index contributed by atoms with van der Waals surface area (Å²) in [5, 5.41) is 3.52. The topological polar surface area (TPSA) is 75.7 Å². The standard InChI is InChI=1S/C21H25ClN2O4S/c1-15(19-5-3-4-6-20(19)28-2)23-21(25)16-11-13-24(14-12-16)29(26,27)18-9-7-17(22)8-10-18/h3-10,15-16H,11-14H2,1-2H3,(H,23,25). The number of carbonyl (C=O) groups is 1. The van der Waals surface area contributed by atoms with Crippen molar-refractivity contribution >= 4 is 27.5 Å². The SMILES string of the molecule is COc1ccccc1C(C)NC(=O)C1CCN(S(=O)(=O)c2ccc(Cl)cc2)CC1. The van der Waals surface area contributed by atoms with Gasteiger partial charge in [0.15, 0.2) is 0 Å². The van der Waals surface area contributed by atoms with Gasteiger partial charge < -0.3 is 10.1 Å². The number of halogens is 1. The Kier molecular flexibility index (Phi) is 6.82. The summed E-state index contributed by atoms with van der Waals surface area (Å²) in [5.74, 6) is 0.444. The van der Waals surface area contributed by atoms with Crippen molar-refractivity contribution in [3.8, 4) is 5.75 Å². The van der Waals surface area contributed by atoms with E-state index in [1.807, 2.05) is 31.2 Å². The van der Waals surface area contributed by atoms with Crippen LogP contribution in [0.3, 0.4) is 0 Å². The van der Waals surface area contributed by atoms with Gasteiger partial charge in [-0.2, -0.15) is 4.31 Å². The van der Waals surface area contributed by atoms with Gasteiger partial charge in [0.1, 0.15) is 5.75 Å². The van der Waals surface area contributed by atoms with Gasteiger partial charge >= 0.3 is 0 Å². The Balaban J connectivity index is 1.60. The molecule has 1 saturated heterocycles. The Morgan fingerprint density at radius 1 is 1.14 bits per heavy atom. The number of ether oxygens (including phenoxy) is 1. The van der Waals surface area contributed by atoms with Crippen LogP contribution in [0.25, 0.3) is 0 Å². The number of piperidine rings is 1. The maximum Gasteiger partial charge on any atom is 0.243 e. The number of benzene rings is 2. The first kappa shape index (κ1) is 21.6. The zero-order valence-corrected chi connectivity index (χ0v) is 18.0. The monoisotopic (exact) mass is 436 g/mol. The van der Waals surface area contributed by atoms with Crippen LogP contribution in [-0.2, 0) is 14.8 Å². The second-order valence-corrected chi connectivity index (χ2v) is 9.48. The maximum atomic E-state index is 12.8. The van der Waals surface area contributed by atoms with Crippen LogP contribution in [0.2, 0.25) is 5.02 Å². The third kappa shape index (κ3) is 4.91. The third-order valence-electron chi connectivity index (χ3n) is 5.24. The van der Waals surface area contributed by atoms with Crippen molar-refractivity contribution < 1.29 is 17.9 Å². The minimum atomic E-state index is -3.58. The van der Waals surface area contributed by atoms with Gasteiger partial charge in [-0.3, -0.25) is 4.79 Å². The molecule has 6 nitrogen and oxygen atoms in total. The van der Waals surface area contributed by atoms with E-state index in [0.29, 0.717) is 31.0 Å². The van der Waals surface area contributed by atoms with Crippen LogP contribution >= 0.6 is 11.6 Å². The van der Waals surface area contributed by atoms with E-state index < -0.39 is 10.0 Å². The predicted octanol–water partition coefficient (Wildman–Crippen LogP) is 3.63. The lowest BCUT2D eigenvalue weighted by molar-refractivity contribution is -0.126. The lowest BCUT2D eigenvalue weighted by atomic mass is 9.96. The first-order chi connectivity index (χ1) is 13.8. The zero-order chi connectivity index (χ0) is 21.0. The average Bonchev–Trinajstić information content (AvgIpc) is 2.74. The fourth-order valence-corrected chi connectivity index (χ4v) is 5.14. The fourth-order valence-electron chi connectivity index (χ4n) is 3.55. The van der Waals surface area contributed by atoms with Crippen LogP contribution in [0.5, 0.6) is 5.75 Å². The molecule has 3 rings (SSSR count). The number of carbonyl (C=O) groups excluding carboxylic acids is 1. The molecule has 1 aliphatic rings. The van der Waals surface area contributed by atoms with Crippen LogP contribution in [-0.4, -0.2) is 38.8 Å². The van der Waals surface area contributed by atoms with E-state index in [-0.39, 0.29) is 22.8 Å². The average molecular weight is 437 g/mol. The first-order valence-corrected chi connectivity index (χ1v) is 11.3. The highest BCUT2D eigenvalue weighted by Crippen LogP contribution is 2.27. The largest absolute Gasteiger partial charge is 0.496 e. The van der Waals surface area contributed by atoms with Crippen molar-refractivity contribution in [2.75, 3.05) is 20.2 Å². The van der Waals surface area contributed by atoms with Gasteiger partial charge in [-0.25, -0.2) is 8.42 Å². The van der Waals surface area contributed by atoms with E-state index in [0.717, 1.165) is 11.3 Å². The third-order valence-corrected chi connectivity index (χ3v) is 7.41. The molecule has 0 aliphatic carbocycles. The van der Waals surface area contributed by atoms with Crippen molar-refractivity contribution in [3.63, 3.8) is 0 Å². The van der Waals surface area contributed by atoms with E-state index in [4.69, 9.17) is 16.3 Å². The van der Waals surface area contributed by atoms with Crippen molar-refractivity contribution in [1.82, 2.24) is 9.62 Å². The van der Waals surface area contributed by atoms with E-state index in [2.05, 4.69) is 5.32 Å². The molecule has 1 unspecified atom stereocenters. The molecule has 0 saturated carbocycles. The van der Waals surface area contributed by atoms with Gasteiger partial charge in [-0.15, -0.1) is 0 Å². The van der Waals surface area contributed by atoms with Crippen molar-refractivity contribution in [2.45, 2.75) is 30.7 Å². The number of hydrogen-bond donors (Lipinski definition) is 1. The van der Waals surface area contributed by atoms with E-state index in [1.165, 1.54) is 16.4 Å². The van der Waals surface area contributed by atoms with Gasteiger partial charge in [-0.05, 0) is 50.1 Å². The van der Waals surface area contributed by atoms with Crippen molar-refractivity contribution in [3.05, 3.63) is 59.1 Å². The number of rotatable bonds is 6. The number of nitrogens with zero attached hydrogens (tertiary/aromatic N) is 1. The Morgan fingerprint density at radius 2 is 1.76 bits per heavy atom. The molecule has 1 atom stereocenters. The molecule has 8 heteroatoms. The number of methoxy groups -OCH3 is 1. The Morgan fingerprint density at radius 3 is 2.38 bits per heavy atom. The molecule has 1 fully saturated rings. The smallest absolute Gasteiger partial charge is 0.243 e. The van der Waals surface area contributed by atoms with E-state index >= 15 is 0 Å². The maximum absolute atomic E-state index is 12.8. The zero-order valence-electron chi connectivity index (χ0n) is 16.5. The van der Waals surface area contributed by atoms with E-state index in [9.17, 15) is 13.2 Å². The van der Waals surface area contributed by atoms with Crippen molar-refractivity contribution in [1.29, 1.82) is 0 Å². The van der Waals surface area contributed by atoms with Gasteiger partial charge in [0.25, 0.3) is 0 Å². The molecular formula is C21H25ClN2O4S. The molecule has 2 aromatic rings. The summed E-state index contributed by atoms with van der Waals surface area (Å²) in [4.78, 5) is 12.9. The van der Waals surface area contributed by atoms with Crippen LogP contribution in [0.15, 0.2) is 53.4 Å². The highest BCUT2D eigenvalue weighted by atomic mass is 35.5. The molecule has 1 aliphatic heterocycles. The predicted molar refractivity (Wildman–Crippen MR) is 112 cm³/mol. The highest BCUT2D eigenvalue weighted by Gasteiger charge is 2.32. The fraction of sp³-hybridized carbons (Fsp3) is 0.381. The highest BCUT2D eigenvalue weighted by molar-refractivity contribution is 7.89. The van der Waals surface area contributed by atoms with E-state index in [1.54, 1.807) is 19.2 Å². The molecule has 1 N–H and O–H groups in total. The minimum absolute atomic E-state index is 0.0630. The summed E-state index contributed by atoms with van der Waals surface area (Å²) in [5.41, 5.74) is 0.908. The molecule has 1 amide bonds. The van der Waals surface area contributed by atoms with Gasteiger partial charge in [-0.1, -0.05) is 29.8 Å². The molecule has 0 radical (unpaired) electrons. The summed E-state index contributed by atoms with van der Waals surface area (Å²) in [6.45, 7) is 2.54. The van der Waals surface area contributed by atoms with Gasteiger partial charge in [0.05, 0.1) is 18.0 Å². The molecule has 0 bridgehead atoms. The number of hydrogen-bond acceptors (Lipinski definition) is 4. The summed E-state index contributed by atoms with van der Waals surface area (Å²) in [6.07, 6.45) is 0.967. The summed E-state index contributed by atoms with van der Waals surface area (Å²) in [6, 6.07) is 13.5. The summed E-state index contributed by atoms with van der Waals surface area (Å²) in [7, 11) is -1.98. The van der Waals surface area contributed by atoms with Crippen LogP contribution in [0.4, 0.5) is 0 Å². The Bertz CT molecular complexity index is 955. The normalized spacial score (nSPS) is 16.9. The Labute approximate surface area is 176 Å². The number of amides is 1. The number of nitrogens with one attached hydrogen (secondary N) is 1. The van der Waals surface area contributed by atoms with Crippen LogP contribution in [0.1, 0.15) is 31.4 Å².